The number of benzene rings is 1. The van der Waals surface area contributed by atoms with Gasteiger partial charge in [0, 0.05) is 21.8 Å². The highest BCUT2D eigenvalue weighted by Gasteiger charge is 2.29. The van der Waals surface area contributed by atoms with Crippen LogP contribution in [0.25, 0.3) is 0 Å². The van der Waals surface area contributed by atoms with Crippen LogP contribution in [-0.4, -0.2) is 11.2 Å². The van der Waals surface area contributed by atoms with Crippen LogP contribution in [0.2, 0.25) is 0 Å². The van der Waals surface area contributed by atoms with Gasteiger partial charge in [-0.2, -0.15) is 0 Å². The number of carbonyl (C=O) groups is 1. The second-order valence-electron chi connectivity index (χ2n) is 5.31. The molecule has 0 radical (unpaired) electrons. The molecule has 1 N–H and O–H groups in total. The molecular weight excluding hydrogens is 242 g/mol. The van der Waals surface area contributed by atoms with Crippen molar-refractivity contribution in [1.29, 1.82) is 0 Å². The Kier molecular flexibility index (Phi) is 3.59. The lowest BCUT2D eigenvalue weighted by atomic mass is 10.3. The highest BCUT2D eigenvalue weighted by atomic mass is 32.2. The Bertz CT molecular complexity index is 419. The van der Waals surface area contributed by atoms with Crippen LogP contribution in [0.15, 0.2) is 29.2 Å². The topological polar surface area (TPSA) is 29.1 Å². The van der Waals surface area contributed by atoms with Crippen LogP contribution in [0.5, 0.6) is 0 Å². The van der Waals surface area contributed by atoms with Crippen molar-refractivity contribution < 1.29 is 4.79 Å². The number of amides is 1. The minimum Gasteiger partial charge on any atom is -0.326 e. The van der Waals surface area contributed by atoms with E-state index in [0.717, 1.165) is 23.8 Å². The Morgan fingerprint density at radius 1 is 1.06 bits per heavy atom. The first kappa shape index (κ1) is 12.1. The normalized spacial score (nSPS) is 20.0. The first-order chi connectivity index (χ1) is 8.81. The summed E-state index contributed by atoms with van der Waals surface area (Å²) in [7, 11) is 0. The van der Waals surface area contributed by atoms with Gasteiger partial charge in [-0.1, -0.05) is 12.8 Å². The number of thioether (sulfide) groups is 1. The first-order valence-corrected chi connectivity index (χ1v) is 7.77. The van der Waals surface area contributed by atoms with Crippen LogP contribution in [0, 0.1) is 5.92 Å². The second kappa shape index (κ2) is 5.35. The van der Waals surface area contributed by atoms with Crippen LogP contribution < -0.4 is 5.32 Å². The number of nitrogens with one attached hydrogen (secondary N) is 1. The summed E-state index contributed by atoms with van der Waals surface area (Å²) < 4.78 is 0. The molecule has 0 bridgehead atoms. The molecule has 3 rings (SSSR count). The minimum atomic E-state index is 0.186. The van der Waals surface area contributed by atoms with Crippen molar-refractivity contribution in [3.8, 4) is 0 Å². The van der Waals surface area contributed by atoms with E-state index in [0.29, 0.717) is 0 Å². The van der Waals surface area contributed by atoms with Gasteiger partial charge in [-0.25, -0.2) is 0 Å². The lowest BCUT2D eigenvalue weighted by Gasteiger charge is -2.09. The Balaban J connectivity index is 1.56. The Labute approximate surface area is 113 Å². The monoisotopic (exact) mass is 261 g/mol. The number of hydrogen-bond acceptors (Lipinski definition) is 2. The lowest BCUT2D eigenvalue weighted by Crippen LogP contribution is -2.12. The molecule has 2 aliphatic carbocycles. The summed E-state index contributed by atoms with van der Waals surface area (Å²) in [5, 5.41) is 3.78. The van der Waals surface area contributed by atoms with Crippen molar-refractivity contribution in [1.82, 2.24) is 0 Å². The van der Waals surface area contributed by atoms with Gasteiger partial charge >= 0.3 is 0 Å². The first-order valence-electron chi connectivity index (χ1n) is 6.89. The van der Waals surface area contributed by atoms with E-state index in [4.69, 9.17) is 0 Å². The largest absolute Gasteiger partial charge is 0.326 e. The molecule has 1 aromatic carbocycles. The molecule has 96 valence electrons. The second-order valence-corrected chi connectivity index (χ2v) is 6.69. The van der Waals surface area contributed by atoms with E-state index in [1.807, 2.05) is 23.9 Å². The molecule has 0 saturated heterocycles. The molecule has 0 aliphatic heterocycles. The van der Waals surface area contributed by atoms with Gasteiger partial charge in [-0.3, -0.25) is 4.79 Å². The molecule has 0 heterocycles. The standard InChI is InChI=1S/C15H19NOS/c17-15(11-5-6-11)16-12-7-9-14(10-8-12)18-13-3-1-2-4-13/h7-11,13H,1-6H2,(H,16,17). The summed E-state index contributed by atoms with van der Waals surface area (Å²) >= 11 is 1.98. The zero-order valence-corrected chi connectivity index (χ0v) is 11.3. The van der Waals surface area contributed by atoms with Crippen molar-refractivity contribution in [2.75, 3.05) is 5.32 Å². The third-order valence-electron chi connectivity index (χ3n) is 3.67. The van der Waals surface area contributed by atoms with Crippen molar-refractivity contribution >= 4 is 23.4 Å². The van der Waals surface area contributed by atoms with Gasteiger partial charge in [0.25, 0.3) is 0 Å². The number of anilines is 1. The molecular formula is C15H19NOS. The van der Waals surface area contributed by atoms with Crippen LogP contribution in [0.1, 0.15) is 38.5 Å². The predicted molar refractivity (Wildman–Crippen MR) is 75.9 cm³/mol. The predicted octanol–water partition coefficient (Wildman–Crippen LogP) is 4.07. The van der Waals surface area contributed by atoms with Gasteiger partial charge < -0.3 is 5.32 Å². The highest BCUT2D eigenvalue weighted by molar-refractivity contribution is 8.00. The van der Waals surface area contributed by atoms with Crippen molar-refractivity contribution in [3.63, 3.8) is 0 Å². The maximum absolute atomic E-state index is 11.6. The van der Waals surface area contributed by atoms with E-state index >= 15 is 0 Å². The van der Waals surface area contributed by atoms with Crippen molar-refractivity contribution in [2.24, 2.45) is 5.92 Å². The molecule has 3 heteroatoms. The SMILES string of the molecule is O=C(Nc1ccc(SC2CCCC2)cc1)C1CC1. The molecule has 0 atom stereocenters. The summed E-state index contributed by atoms with van der Waals surface area (Å²) in [5.41, 5.74) is 0.933. The fourth-order valence-corrected chi connectivity index (χ4v) is 3.65. The van der Waals surface area contributed by atoms with Gasteiger partial charge in [-0.15, -0.1) is 11.8 Å². The number of rotatable bonds is 4. The van der Waals surface area contributed by atoms with Gasteiger partial charge in [-0.05, 0) is 49.9 Å². The summed E-state index contributed by atoms with van der Waals surface area (Å²) in [6.07, 6.45) is 7.58. The van der Waals surface area contributed by atoms with Gasteiger partial charge in [0.05, 0.1) is 0 Å². The van der Waals surface area contributed by atoms with Crippen molar-refractivity contribution in [3.05, 3.63) is 24.3 Å². The third-order valence-corrected chi connectivity index (χ3v) is 5.02. The quantitative estimate of drug-likeness (QED) is 0.885. The maximum atomic E-state index is 11.6. The number of carbonyl (C=O) groups excluding carboxylic acids is 1. The van der Waals surface area contributed by atoms with Crippen molar-refractivity contribution in [2.45, 2.75) is 48.7 Å². The average molecular weight is 261 g/mol. The Hall–Kier alpha value is -0.960. The molecule has 2 aliphatic rings. The van der Waals surface area contributed by atoms with E-state index in [-0.39, 0.29) is 11.8 Å². The van der Waals surface area contributed by atoms with Gasteiger partial charge in [0.15, 0.2) is 0 Å². The van der Waals surface area contributed by atoms with E-state index < -0.39 is 0 Å². The third kappa shape index (κ3) is 3.08. The van der Waals surface area contributed by atoms with Gasteiger partial charge in [0.1, 0.15) is 0 Å². The Morgan fingerprint density at radius 2 is 1.72 bits per heavy atom. The van der Waals surface area contributed by atoms with Crippen LogP contribution in [0.3, 0.4) is 0 Å². The van der Waals surface area contributed by atoms with E-state index in [9.17, 15) is 4.79 Å². The molecule has 18 heavy (non-hydrogen) atoms. The molecule has 2 saturated carbocycles. The van der Waals surface area contributed by atoms with Gasteiger partial charge in [0.2, 0.25) is 5.91 Å². The fraction of sp³-hybridized carbons (Fsp3) is 0.533. The van der Waals surface area contributed by atoms with Crippen LogP contribution in [-0.2, 0) is 4.79 Å². The molecule has 0 unspecified atom stereocenters. The summed E-state index contributed by atoms with van der Waals surface area (Å²) in [5.74, 6) is 0.462. The van der Waals surface area contributed by atoms with Crippen LogP contribution in [0.4, 0.5) is 5.69 Å². The number of hydrogen-bond donors (Lipinski definition) is 1. The zero-order valence-electron chi connectivity index (χ0n) is 10.5. The summed E-state index contributed by atoms with van der Waals surface area (Å²) in [6.45, 7) is 0. The highest BCUT2D eigenvalue weighted by Crippen LogP contribution is 2.35. The summed E-state index contributed by atoms with van der Waals surface area (Å²) in [6, 6.07) is 8.31. The van der Waals surface area contributed by atoms with E-state index in [1.54, 1.807) is 0 Å². The maximum Gasteiger partial charge on any atom is 0.227 e. The average Bonchev–Trinajstić information content (AvgIpc) is 3.11. The molecule has 1 amide bonds. The molecule has 1 aromatic rings. The van der Waals surface area contributed by atoms with E-state index in [1.165, 1.54) is 30.6 Å². The summed E-state index contributed by atoms with van der Waals surface area (Å²) in [4.78, 5) is 12.9. The molecule has 0 aromatic heterocycles. The lowest BCUT2D eigenvalue weighted by molar-refractivity contribution is -0.117. The van der Waals surface area contributed by atoms with Crippen LogP contribution >= 0.6 is 11.8 Å². The molecule has 2 fully saturated rings. The minimum absolute atomic E-state index is 0.186. The molecule has 2 nitrogen and oxygen atoms in total. The van der Waals surface area contributed by atoms with E-state index in [2.05, 4.69) is 17.4 Å². The smallest absolute Gasteiger partial charge is 0.227 e. The fourth-order valence-electron chi connectivity index (χ4n) is 2.41. The Morgan fingerprint density at radius 3 is 2.33 bits per heavy atom. The molecule has 0 spiro atoms. The zero-order chi connectivity index (χ0) is 12.4.